The maximum atomic E-state index is 13.2. The molecule has 3 nitrogen and oxygen atoms in total. The van der Waals surface area contributed by atoms with E-state index >= 15 is 0 Å². The van der Waals surface area contributed by atoms with Crippen molar-refractivity contribution in [2.45, 2.75) is 34.1 Å². The highest BCUT2D eigenvalue weighted by molar-refractivity contribution is 5.93. The fourth-order valence-corrected chi connectivity index (χ4v) is 2.16. The van der Waals surface area contributed by atoms with E-state index in [1.54, 1.807) is 13.8 Å². The molecule has 4 heteroatoms. The molecule has 0 radical (unpaired) electrons. The highest BCUT2D eigenvalue weighted by atomic mass is 19.1. The van der Waals surface area contributed by atoms with Crippen molar-refractivity contribution in [3.63, 3.8) is 0 Å². The average molecular weight is 266 g/mol. The average Bonchev–Trinajstić information content (AvgIpc) is 2.33. The summed E-state index contributed by atoms with van der Waals surface area (Å²) in [5.74, 6) is -0.317. The zero-order valence-corrected chi connectivity index (χ0v) is 12.2. The summed E-state index contributed by atoms with van der Waals surface area (Å²) in [5, 5.41) is 2.88. The molecule has 0 unspecified atom stereocenters. The van der Waals surface area contributed by atoms with Gasteiger partial charge in [-0.3, -0.25) is 9.69 Å². The van der Waals surface area contributed by atoms with Crippen molar-refractivity contribution in [2.75, 3.05) is 25.0 Å². The Bertz CT molecular complexity index is 423. The summed E-state index contributed by atoms with van der Waals surface area (Å²) >= 11 is 0. The van der Waals surface area contributed by atoms with Crippen molar-refractivity contribution in [1.82, 2.24) is 4.90 Å². The predicted octanol–water partition coefficient (Wildman–Crippen LogP) is 3.11. The van der Waals surface area contributed by atoms with E-state index in [0.29, 0.717) is 6.54 Å². The quantitative estimate of drug-likeness (QED) is 0.858. The lowest BCUT2D eigenvalue weighted by atomic mass is 10.1. The number of halogens is 1. The monoisotopic (exact) mass is 266 g/mol. The summed E-state index contributed by atoms with van der Waals surface area (Å²) in [6, 6.07) is 2.87. The van der Waals surface area contributed by atoms with Crippen molar-refractivity contribution in [2.24, 2.45) is 0 Å². The van der Waals surface area contributed by atoms with Gasteiger partial charge < -0.3 is 5.32 Å². The van der Waals surface area contributed by atoms with Gasteiger partial charge in [-0.15, -0.1) is 0 Å². The van der Waals surface area contributed by atoms with Crippen LogP contribution in [0.25, 0.3) is 0 Å². The minimum Gasteiger partial charge on any atom is -0.324 e. The van der Waals surface area contributed by atoms with Gasteiger partial charge in [0.2, 0.25) is 5.91 Å². The zero-order valence-electron chi connectivity index (χ0n) is 12.2. The molecule has 0 saturated heterocycles. The standard InChI is InChI=1S/C15H23FN2O/c1-5-7-18(6-2)10-14(19)17-15-11(3)8-13(16)9-12(15)4/h8-9H,5-7,10H2,1-4H3,(H,17,19). The molecule has 106 valence electrons. The molecule has 0 aliphatic carbocycles. The van der Waals surface area contributed by atoms with Crippen LogP contribution in [0.5, 0.6) is 0 Å². The second-order valence-corrected chi connectivity index (χ2v) is 4.83. The molecule has 0 aliphatic rings. The summed E-state index contributed by atoms with van der Waals surface area (Å²) in [6.07, 6.45) is 1.02. The van der Waals surface area contributed by atoms with Crippen LogP contribution in [-0.4, -0.2) is 30.4 Å². The highest BCUT2D eigenvalue weighted by Gasteiger charge is 2.11. The predicted molar refractivity (Wildman–Crippen MR) is 76.9 cm³/mol. The largest absolute Gasteiger partial charge is 0.324 e. The molecule has 0 fully saturated rings. The van der Waals surface area contributed by atoms with Crippen LogP contribution in [-0.2, 0) is 4.79 Å². The Morgan fingerprint density at radius 2 is 1.84 bits per heavy atom. The minimum absolute atomic E-state index is 0.0480. The van der Waals surface area contributed by atoms with Gasteiger partial charge in [0, 0.05) is 5.69 Å². The molecule has 1 amide bonds. The van der Waals surface area contributed by atoms with Crippen molar-refractivity contribution >= 4 is 11.6 Å². The highest BCUT2D eigenvalue weighted by Crippen LogP contribution is 2.21. The van der Waals surface area contributed by atoms with Gasteiger partial charge in [-0.05, 0) is 56.6 Å². The molecular weight excluding hydrogens is 243 g/mol. The zero-order chi connectivity index (χ0) is 14.4. The topological polar surface area (TPSA) is 32.3 Å². The Balaban J connectivity index is 2.72. The lowest BCUT2D eigenvalue weighted by molar-refractivity contribution is -0.117. The first-order valence-electron chi connectivity index (χ1n) is 6.76. The van der Waals surface area contributed by atoms with E-state index in [4.69, 9.17) is 0 Å². The molecule has 0 bridgehead atoms. The van der Waals surface area contributed by atoms with Gasteiger partial charge in [-0.1, -0.05) is 13.8 Å². The number of anilines is 1. The van der Waals surface area contributed by atoms with Crippen LogP contribution in [0.1, 0.15) is 31.4 Å². The number of hydrogen-bond donors (Lipinski definition) is 1. The van der Waals surface area contributed by atoms with E-state index in [0.717, 1.165) is 36.3 Å². The van der Waals surface area contributed by atoms with E-state index in [-0.39, 0.29) is 11.7 Å². The number of likely N-dealkylation sites (N-methyl/N-ethyl adjacent to an activating group) is 1. The maximum Gasteiger partial charge on any atom is 0.238 e. The van der Waals surface area contributed by atoms with Gasteiger partial charge >= 0.3 is 0 Å². The van der Waals surface area contributed by atoms with Crippen LogP contribution in [0, 0.1) is 19.7 Å². The number of carbonyl (C=O) groups excluding carboxylic acids is 1. The lowest BCUT2D eigenvalue weighted by Gasteiger charge is -2.19. The van der Waals surface area contributed by atoms with Crippen LogP contribution >= 0.6 is 0 Å². The summed E-state index contributed by atoms with van der Waals surface area (Å²) in [6.45, 7) is 9.87. The molecule has 0 spiro atoms. The fraction of sp³-hybridized carbons (Fsp3) is 0.533. The number of nitrogens with one attached hydrogen (secondary N) is 1. The minimum atomic E-state index is -0.269. The van der Waals surface area contributed by atoms with E-state index in [9.17, 15) is 9.18 Å². The Morgan fingerprint density at radius 1 is 1.26 bits per heavy atom. The van der Waals surface area contributed by atoms with Gasteiger partial charge in [0.05, 0.1) is 6.54 Å². The molecule has 0 saturated carbocycles. The number of amides is 1. The van der Waals surface area contributed by atoms with Crippen molar-refractivity contribution in [3.05, 3.63) is 29.1 Å². The first-order valence-corrected chi connectivity index (χ1v) is 6.76. The Hall–Kier alpha value is -1.42. The Labute approximate surface area is 114 Å². The molecule has 0 heterocycles. The Morgan fingerprint density at radius 3 is 2.32 bits per heavy atom. The van der Waals surface area contributed by atoms with E-state index in [1.807, 2.05) is 6.92 Å². The fourth-order valence-electron chi connectivity index (χ4n) is 2.16. The normalized spacial score (nSPS) is 10.8. The summed E-state index contributed by atoms with van der Waals surface area (Å²) in [5.41, 5.74) is 2.23. The summed E-state index contributed by atoms with van der Waals surface area (Å²) in [7, 11) is 0. The van der Waals surface area contributed by atoms with E-state index < -0.39 is 0 Å². The molecule has 0 atom stereocenters. The molecule has 19 heavy (non-hydrogen) atoms. The first-order chi connectivity index (χ1) is 8.97. The van der Waals surface area contributed by atoms with Crippen LogP contribution in [0.2, 0.25) is 0 Å². The third-order valence-electron chi connectivity index (χ3n) is 3.12. The van der Waals surface area contributed by atoms with Gasteiger partial charge in [0.25, 0.3) is 0 Å². The molecule has 1 rings (SSSR count). The molecule has 1 N–H and O–H groups in total. The lowest BCUT2D eigenvalue weighted by Crippen LogP contribution is -2.34. The maximum absolute atomic E-state index is 13.2. The van der Waals surface area contributed by atoms with Crippen LogP contribution in [0.4, 0.5) is 10.1 Å². The number of hydrogen-bond acceptors (Lipinski definition) is 2. The van der Waals surface area contributed by atoms with Gasteiger partial charge in [-0.25, -0.2) is 4.39 Å². The van der Waals surface area contributed by atoms with E-state index in [2.05, 4.69) is 17.1 Å². The Kier molecular flexibility index (Phi) is 5.96. The van der Waals surface area contributed by atoms with Gasteiger partial charge in [0.1, 0.15) is 5.82 Å². The van der Waals surface area contributed by atoms with Crippen LogP contribution < -0.4 is 5.32 Å². The number of benzene rings is 1. The summed E-state index contributed by atoms with van der Waals surface area (Å²) < 4.78 is 13.2. The smallest absolute Gasteiger partial charge is 0.238 e. The summed E-state index contributed by atoms with van der Waals surface area (Å²) in [4.78, 5) is 14.1. The number of nitrogens with zero attached hydrogens (tertiary/aromatic N) is 1. The number of carbonyl (C=O) groups is 1. The van der Waals surface area contributed by atoms with Gasteiger partial charge in [-0.2, -0.15) is 0 Å². The van der Waals surface area contributed by atoms with Crippen molar-refractivity contribution in [1.29, 1.82) is 0 Å². The number of rotatable bonds is 6. The third-order valence-corrected chi connectivity index (χ3v) is 3.12. The van der Waals surface area contributed by atoms with Gasteiger partial charge in [0.15, 0.2) is 0 Å². The van der Waals surface area contributed by atoms with Crippen LogP contribution in [0.3, 0.4) is 0 Å². The molecule has 1 aromatic carbocycles. The van der Waals surface area contributed by atoms with Crippen molar-refractivity contribution < 1.29 is 9.18 Å². The third kappa shape index (κ3) is 4.63. The van der Waals surface area contributed by atoms with E-state index in [1.165, 1.54) is 12.1 Å². The van der Waals surface area contributed by atoms with Crippen molar-refractivity contribution in [3.8, 4) is 0 Å². The van der Waals surface area contributed by atoms with Crippen LogP contribution in [0.15, 0.2) is 12.1 Å². The molecule has 0 aromatic heterocycles. The SMILES string of the molecule is CCCN(CC)CC(=O)Nc1c(C)cc(F)cc1C. The molecule has 0 aliphatic heterocycles. The molecule has 1 aromatic rings. The molecular formula is C15H23FN2O. The number of aryl methyl sites for hydroxylation is 2. The first kappa shape index (κ1) is 15.6. The second-order valence-electron chi connectivity index (χ2n) is 4.83. The second kappa shape index (κ2) is 7.24.